The van der Waals surface area contributed by atoms with E-state index in [9.17, 15) is 9.59 Å². The molecule has 1 aliphatic heterocycles. The molecule has 0 bridgehead atoms. The molecular formula is C22H27N3O4. The van der Waals surface area contributed by atoms with Crippen molar-refractivity contribution in [2.75, 3.05) is 46.5 Å². The van der Waals surface area contributed by atoms with E-state index >= 15 is 0 Å². The summed E-state index contributed by atoms with van der Waals surface area (Å²) >= 11 is 0. The standard InChI is InChI=1S/C22H27N3O4/c1-28-20-8-2-17(3-9-20)16-24-22(27)19-6-4-18(5-7-19)21(26)23-10-11-25-12-14-29-15-13-25/h2-9H,10-16H2,1H3,(H,23,26)(H,24,27). The van der Waals surface area contributed by atoms with Gasteiger partial charge in [0, 0.05) is 43.9 Å². The molecule has 0 saturated carbocycles. The zero-order valence-electron chi connectivity index (χ0n) is 16.6. The van der Waals surface area contributed by atoms with Gasteiger partial charge in [-0.25, -0.2) is 0 Å². The fourth-order valence-corrected chi connectivity index (χ4v) is 3.06. The lowest BCUT2D eigenvalue weighted by molar-refractivity contribution is 0.0383. The van der Waals surface area contributed by atoms with Crippen molar-refractivity contribution in [1.82, 2.24) is 15.5 Å². The van der Waals surface area contributed by atoms with Crippen LogP contribution in [0.15, 0.2) is 48.5 Å². The Morgan fingerprint density at radius 3 is 2.10 bits per heavy atom. The van der Waals surface area contributed by atoms with Gasteiger partial charge < -0.3 is 20.1 Å². The maximum Gasteiger partial charge on any atom is 0.251 e. The van der Waals surface area contributed by atoms with Crippen molar-refractivity contribution < 1.29 is 19.1 Å². The first-order chi connectivity index (χ1) is 14.2. The van der Waals surface area contributed by atoms with E-state index < -0.39 is 0 Å². The van der Waals surface area contributed by atoms with Gasteiger partial charge in [-0.3, -0.25) is 14.5 Å². The lowest BCUT2D eigenvalue weighted by Gasteiger charge is -2.26. The van der Waals surface area contributed by atoms with Crippen LogP contribution in [0.5, 0.6) is 5.75 Å². The molecule has 1 aliphatic rings. The summed E-state index contributed by atoms with van der Waals surface area (Å²) in [5.41, 5.74) is 2.04. The number of hydrogen-bond donors (Lipinski definition) is 2. The molecule has 1 heterocycles. The fraction of sp³-hybridized carbons (Fsp3) is 0.364. The highest BCUT2D eigenvalue weighted by atomic mass is 16.5. The molecule has 2 aromatic rings. The van der Waals surface area contributed by atoms with Crippen molar-refractivity contribution in [2.24, 2.45) is 0 Å². The van der Waals surface area contributed by atoms with E-state index in [1.54, 1.807) is 31.4 Å². The van der Waals surface area contributed by atoms with Crippen LogP contribution < -0.4 is 15.4 Å². The van der Waals surface area contributed by atoms with E-state index in [0.29, 0.717) is 24.2 Å². The number of rotatable bonds is 8. The number of nitrogens with zero attached hydrogens (tertiary/aromatic N) is 1. The van der Waals surface area contributed by atoms with Crippen LogP contribution in [0.1, 0.15) is 26.3 Å². The van der Waals surface area contributed by atoms with Crippen molar-refractivity contribution in [3.05, 3.63) is 65.2 Å². The normalized spacial score (nSPS) is 14.2. The summed E-state index contributed by atoms with van der Waals surface area (Å²) < 4.78 is 10.4. The summed E-state index contributed by atoms with van der Waals surface area (Å²) in [6, 6.07) is 14.2. The van der Waals surface area contributed by atoms with Crippen LogP contribution in [0.25, 0.3) is 0 Å². The average Bonchev–Trinajstić information content (AvgIpc) is 2.78. The first-order valence-electron chi connectivity index (χ1n) is 9.75. The van der Waals surface area contributed by atoms with Gasteiger partial charge in [0.25, 0.3) is 11.8 Å². The van der Waals surface area contributed by atoms with Crippen LogP contribution in [-0.2, 0) is 11.3 Å². The Labute approximate surface area is 171 Å². The predicted molar refractivity (Wildman–Crippen MR) is 110 cm³/mol. The summed E-state index contributed by atoms with van der Waals surface area (Å²) in [6.45, 7) is 5.11. The Balaban J connectivity index is 1.44. The highest BCUT2D eigenvalue weighted by Crippen LogP contribution is 2.11. The second kappa shape index (κ2) is 10.6. The molecule has 7 nitrogen and oxygen atoms in total. The van der Waals surface area contributed by atoms with Gasteiger partial charge in [0.15, 0.2) is 0 Å². The highest BCUT2D eigenvalue weighted by molar-refractivity contribution is 5.97. The van der Waals surface area contributed by atoms with Crippen LogP contribution in [0.3, 0.4) is 0 Å². The maximum absolute atomic E-state index is 12.3. The molecule has 2 amide bonds. The topological polar surface area (TPSA) is 79.9 Å². The molecule has 1 saturated heterocycles. The summed E-state index contributed by atoms with van der Waals surface area (Å²) in [5.74, 6) is 0.461. The molecule has 7 heteroatoms. The van der Waals surface area contributed by atoms with Crippen LogP contribution >= 0.6 is 0 Å². The molecule has 0 aromatic heterocycles. The largest absolute Gasteiger partial charge is 0.497 e. The van der Waals surface area contributed by atoms with Crippen LogP contribution in [0.4, 0.5) is 0 Å². The van der Waals surface area contributed by atoms with Crippen molar-refractivity contribution in [3.8, 4) is 5.75 Å². The van der Waals surface area contributed by atoms with Gasteiger partial charge in [-0.05, 0) is 42.0 Å². The quantitative estimate of drug-likeness (QED) is 0.709. The van der Waals surface area contributed by atoms with E-state index in [1.807, 2.05) is 24.3 Å². The lowest BCUT2D eigenvalue weighted by atomic mass is 10.1. The predicted octanol–water partition coefficient (Wildman–Crippen LogP) is 1.69. The second-order valence-electron chi connectivity index (χ2n) is 6.82. The number of benzene rings is 2. The minimum absolute atomic E-state index is 0.136. The first-order valence-corrected chi connectivity index (χ1v) is 9.75. The van der Waals surface area contributed by atoms with Gasteiger partial charge in [0.05, 0.1) is 20.3 Å². The molecule has 154 valence electrons. The Morgan fingerprint density at radius 2 is 1.52 bits per heavy atom. The molecule has 0 aliphatic carbocycles. The Bertz CT molecular complexity index is 800. The molecule has 2 N–H and O–H groups in total. The summed E-state index contributed by atoms with van der Waals surface area (Å²) in [7, 11) is 1.62. The Kier molecular flexibility index (Phi) is 7.61. The minimum atomic E-state index is -0.180. The monoisotopic (exact) mass is 397 g/mol. The Hall–Kier alpha value is -2.90. The SMILES string of the molecule is COc1ccc(CNC(=O)c2ccc(C(=O)NCCN3CCOCC3)cc2)cc1. The summed E-state index contributed by atoms with van der Waals surface area (Å²) in [5, 5.41) is 5.79. The zero-order chi connectivity index (χ0) is 20.5. The zero-order valence-corrected chi connectivity index (χ0v) is 16.6. The van der Waals surface area contributed by atoms with E-state index in [-0.39, 0.29) is 11.8 Å². The number of ether oxygens (including phenoxy) is 2. The molecule has 2 aromatic carbocycles. The highest BCUT2D eigenvalue weighted by Gasteiger charge is 2.12. The number of carbonyl (C=O) groups is 2. The summed E-state index contributed by atoms with van der Waals surface area (Å²) in [6.07, 6.45) is 0. The number of hydrogen-bond acceptors (Lipinski definition) is 5. The fourth-order valence-electron chi connectivity index (χ4n) is 3.06. The van der Waals surface area contributed by atoms with Crippen molar-refractivity contribution in [1.29, 1.82) is 0 Å². The minimum Gasteiger partial charge on any atom is -0.497 e. The molecule has 3 rings (SSSR count). The van der Waals surface area contributed by atoms with Crippen molar-refractivity contribution in [2.45, 2.75) is 6.54 Å². The van der Waals surface area contributed by atoms with Crippen LogP contribution in [-0.4, -0.2) is 63.2 Å². The molecule has 0 unspecified atom stereocenters. The van der Waals surface area contributed by atoms with Gasteiger partial charge in [-0.1, -0.05) is 12.1 Å². The molecule has 0 spiro atoms. The molecule has 1 fully saturated rings. The van der Waals surface area contributed by atoms with E-state index in [4.69, 9.17) is 9.47 Å². The molecule has 0 radical (unpaired) electrons. The molecule has 29 heavy (non-hydrogen) atoms. The van der Waals surface area contributed by atoms with Gasteiger partial charge >= 0.3 is 0 Å². The number of morpholine rings is 1. The lowest BCUT2D eigenvalue weighted by Crippen LogP contribution is -2.41. The van der Waals surface area contributed by atoms with E-state index in [1.165, 1.54) is 0 Å². The maximum atomic E-state index is 12.3. The summed E-state index contributed by atoms with van der Waals surface area (Å²) in [4.78, 5) is 26.8. The third kappa shape index (κ3) is 6.30. The molecule has 0 atom stereocenters. The van der Waals surface area contributed by atoms with Gasteiger partial charge in [-0.2, -0.15) is 0 Å². The van der Waals surface area contributed by atoms with Crippen molar-refractivity contribution >= 4 is 11.8 Å². The number of methoxy groups -OCH3 is 1. The number of amides is 2. The van der Waals surface area contributed by atoms with Gasteiger partial charge in [0.1, 0.15) is 5.75 Å². The van der Waals surface area contributed by atoms with Crippen LogP contribution in [0.2, 0.25) is 0 Å². The van der Waals surface area contributed by atoms with E-state index in [0.717, 1.165) is 44.2 Å². The van der Waals surface area contributed by atoms with E-state index in [2.05, 4.69) is 15.5 Å². The van der Waals surface area contributed by atoms with Crippen molar-refractivity contribution in [3.63, 3.8) is 0 Å². The average molecular weight is 397 g/mol. The first kappa shape index (κ1) is 20.8. The smallest absolute Gasteiger partial charge is 0.251 e. The number of nitrogens with one attached hydrogen (secondary N) is 2. The van der Waals surface area contributed by atoms with Gasteiger partial charge in [-0.15, -0.1) is 0 Å². The third-order valence-corrected chi connectivity index (χ3v) is 4.84. The van der Waals surface area contributed by atoms with Gasteiger partial charge in [0.2, 0.25) is 0 Å². The Morgan fingerprint density at radius 1 is 0.931 bits per heavy atom. The molecular weight excluding hydrogens is 370 g/mol. The third-order valence-electron chi connectivity index (χ3n) is 4.84. The number of carbonyl (C=O) groups excluding carboxylic acids is 2. The second-order valence-corrected chi connectivity index (χ2v) is 6.82. The van der Waals surface area contributed by atoms with Crippen LogP contribution in [0, 0.1) is 0 Å².